The molecule has 1 aromatic carbocycles. The van der Waals surface area contributed by atoms with Crippen LogP contribution in [0.2, 0.25) is 15.1 Å². The average molecular weight is 335 g/mol. The zero-order chi connectivity index (χ0) is 14.0. The first-order valence-electron chi connectivity index (χ1n) is 5.94. The van der Waals surface area contributed by atoms with Gasteiger partial charge in [-0.1, -0.05) is 48.7 Å². The number of halogens is 3. The van der Waals surface area contributed by atoms with Gasteiger partial charge in [0.25, 0.3) is 0 Å². The van der Waals surface area contributed by atoms with Crippen molar-refractivity contribution in [3.8, 4) is 10.4 Å². The third kappa shape index (κ3) is 3.87. The van der Waals surface area contributed by atoms with Crippen LogP contribution in [0.15, 0.2) is 24.3 Å². The lowest BCUT2D eigenvalue weighted by atomic mass is 10.2. The Balaban J connectivity index is 2.25. The first-order valence-corrected chi connectivity index (χ1v) is 7.89. The van der Waals surface area contributed by atoms with Crippen molar-refractivity contribution < 1.29 is 0 Å². The van der Waals surface area contributed by atoms with Crippen LogP contribution >= 0.6 is 46.1 Å². The maximum atomic E-state index is 6.22. The smallest absolute Gasteiger partial charge is 0.0607 e. The van der Waals surface area contributed by atoms with Crippen LogP contribution in [0.3, 0.4) is 0 Å². The van der Waals surface area contributed by atoms with Gasteiger partial charge in [0.05, 0.1) is 15.1 Å². The Bertz CT molecular complexity index is 578. The molecule has 0 radical (unpaired) electrons. The molecule has 1 heterocycles. The van der Waals surface area contributed by atoms with E-state index in [1.54, 1.807) is 17.4 Å². The van der Waals surface area contributed by atoms with E-state index in [0.717, 1.165) is 17.0 Å². The maximum absolute atomic E-state index is 6.22. The zero-order valence-electron chi connectivity index (χ0n) is 10.6. The van der Waals surface area contributed by atoms with Gasteiger partial charge in [-0.3, -0.25) is 0 Å². The molecule has 0 amide bonds. The first kappa shape index (κ1) is 15.1. The molecule has 1 N–H and O–H groups in total. The van der Waals surface area contributed by atoms with Crippen LogP contribution in [0, 0.1) is 0 Å². The molecule has 0 unspecified atom stereocenters. The highest BCUT2D eigenvalue weighted by Crippen LogP contribution is 2.38. The minimum atomic E-state index is 0.471. The van der Waals surface area contributed by atoms with Gasteiger partial charge in [0.15, 0.2) is 0 Å². The summed E-state index contributed by atoms with van der Waals surface area (Å²) in [5.74, 6) is 0. The summed E-state index contributed by atoms with van der Waals surface area (Å²) in [5.41, 5.74) is 0.928. The molecule has 0 aliphatic heterocycles. The Morgan fingerprint density at radius 3 is 2.42 bits per heavy atom. The number of nitrogens with one attached hydrogen (secondary N) is 1. The Hall–Kier alpha value is -0.250. The largest absolute Gasteiger partial charge is 0.310 e. The fourth-order valence-corrected chi connectivity index (χ4v) is 3.33. The van der Waals surface area contributed by atoms with Crippen LogP contribution in [0.4, 0.5) is 0 Å². The van der Waals surface area contributed by atoms with E-state index in [1.165, 1.54) is 4.88 Å². The number of rotatable bonds is 4. The van der Waals surface area contributed by atoms with Crippen molar-refractivity contribution in [1.29, 1.82) is 0 Å². The first-order chi connectivity index (χ1) is 8.97. The minimum Gasteiger partial charge on any atom is -0.310 e. The molecule has 5 heteroatoms. The second kappa shape index (κ2) is 6.47. The maximum Gasteiger partial charge on any atom is 0.0607 e. The molecule has 0 atom stereocenters. The van der Waals surface area contributed by atoms with Crippen molar-refractivity contribution >= 4 is 46.1 Å². The van der Waals surface area contributed by atoms with Crippen molar-refractivity contribution in [1.82, 2.24) is 5.32 Å². The van der Waals surface area contributed by atoms with Crippen molar-refractivity contribution in [3.05, 3.63) is 44.2 Å². The van der Waals surface area contributed by atoms with Crippen molar-refractivity contribution in [2.45, 2.75) is 26.4 Å². The van der Waals surface area contributed by atoms with Gasteiger partial charge in [0.2, 0.25) is 0 Å². The molecule has 0 aliphatic carbocycles. The van der Waals surface area contributed by atoms with Crippen molar-refractivity contribution in [2.24, 2.45) is 0 Å². The number of hydrogen-bond donors (Lipinski definition) is 1. The number of thiophene rings is 1. The van der Waals surface area contributed by atoms with E-state index < -0.39 is 0 Å². The Morgan fingerprint density at radius 1 is 1.05 bits per heavy atom. The van der Waals surface area contributed by atoms with E-state index in [0.29, 0.717) is 21.1 Å². The molecule has 0 bridgehead atoms. The minimum absolute atomic E-state index is 0.471. The highest BCUT2D eigenvalue weighted by molar-refractivity contribution is 7.15. The third-order valence-corrected chi connectivity index (χ3v) is 4.77. The molecular formula is C14H14Cl3NS. The van der Waals surface area contributed by atoms with E-state index in [9.17, 15) is 0 Å². The van der Waals surface area contributed by atoms with Gasteiger partial charge >= 0.3 is 0 Å². The topological polar surface area (TPSA) is 12.0 Å². The SMILES string of the molecule is CC(C)NCc1ccc(-c2cc(Cl)c(Cl)cc2Cl)s1. The van der Waals surface area contributed by atoms with Crippen LogP contribution in [0.1, 0.15) is 18.7 Å². The second-order valence-electron chi connectivity index (χ2n) is 4.55. The molecule has 1 nitrogen and oxygen atoms in total. The molecule has 0 saturated carbocycles. The molecule has 102 valence electrons. The Morgan fingerprint density at radius 2 is 1.74 bits per heavy atom. The summed E-state index contributed by atoms with van der Waals surface area (Å²) in [7, 11) is 0. The van der Waals surface area contributed by atoms with E-state index in [2.05, 4.69) is 31.3 Å². The lowest BCUT2D eigenvalue weighted by molar-refractivity contribution is 0.593. The van der Waals surface area contributed by atoms with E-state index in [-0.39, 0.29) is 0 Å². The van der Waals surface area contributed by atoms with Gasteiger partial charge in [-0.15, -0.1) is 11.3 Å². The normalized spacial score (nSPS) is 11.3. The summed E-state index contributed by atoms with van der Waals surface area (Å²) in [5, 5.41) is 5.02. The predicted octanol–water partition coefficient (Wildman–Crippen LogP) is 5.87. The van der Waals surface area contributed by atoms with Gasteiger partial charge in [0, 0.05) is 27.9 Å². The molecule has 1 aromatic heterocycles. The molecule has 0 saturated heterocycles. The van der Waals surface area contributed by atoms with Crippen molar-refractivity contribution in [2.75, 3.05) is 0 Å². The van der Waals surface area contributed by atoms with Crippen LogP contribution in [0.25, 0.3) is 10.4 Å². The van der Waals surface area contributed by atoms with Crippen molar-refractivity contribution in [3.63, 3.8) is 0 Å². The molecule has 2 aromatic rings. The summed E-state index contributed by atoms with van der Waals surface area (Å²) in [4.78, 5) is 2.37. The molecule has 0 fully saturated rings. The van der Waals surface area contributed by atoms with Crippen LogP contribution in [-0.4, -0.2) is 6.04 Å². The van der Waals surface area contributed by atoms with E-state index in [4.69, 9.17) is 34.8 Å². The van der Waals surface area contributed by atoms with E-state index in [1.807, 2.05) is 6.07 Å². The third-order valence-electron chi connectivity index (χ3n) is 2.62. The van der Waals surface area contributed by atoms with Gasteiger partial charge < -0.3 is 5.32 Å². The van der Waals surface area contributed by atoms with Gasteiger partial charge in [-0.25, -0.2) is 0 Å². The van der Waals surface area contributed by atoms with E-state index >= 15 is 0 Å². The molecule has 2 rings (SSSR count). The Labute approximate surface area is 132 Å². The standard InChI is InChI=1S/C14H14Cl3NS/c1-8(2)18-7-9-3-4-14(19-9)10-5-12(16)13(17)6-11(10)15/h3-6,8,18H,7H2,1-2H3. The van der Waals surface area contributed by atoms with Gasteiger partial charge in [-0.2, -0.15) is 0 Å². The average Bonchev–Trinajstić information content (AvgIpc) is 2.80. The number of hydrogen-bond acceptors (Lipinski definition) is 2. The lowest BCUT2D eigenvalue weighted by Gasteiger charge is -2.06. The highest BCUT2D eigenvalue weighted by Gasteiger charge is 2.10. The summed E-state index contributed by atoms with van der Waals surface area (Å²) >= 11 is 19.9. The Kier molecular flexibility index (Phi) is 5.15. The lowest BCUT2D eigenvalue weighted by Crippen LogP contribution is -2.21. The summed E-state index contributed by atoms with van der Waals surface area (Å²) in [6.07, 6.45) is 0. The second-order valence-corrected chi connectivity index (χ2v) is 6.94. The fraction of sp³-hybridized carbons (Fsp3) is 0.286. The highest BCUT2D eigenvalue weighted by atomic mass is 35.5. The summed E-state index contributed by atoms with van der Waals surface area (Å²) in [6.45, 7) is 5.12. The molecule has 0 spiro atoms. The van der Waals surface area contributed by atoms with Crippen LogP contribution in [-0.2, 0) is 6.54 Å². The number of benzene rings is 1. The quantitative estimate of drug-likeness (QED) is 0.689. The summed E-state index contributed by atoms with van der Waals surface area (Å²) < 4.78 is 0. The predicted molar refractivity (Wildman–Crippen MR) is 86.8 cm³/mol. The molecule has 19 heavy (non-hydrogen) atoms. The fourth-order valence-electron chi connectivity index (χ4n) is 1.63. The van der Waals surface area contributed by atoms with Gasteiger partial charge in [-0.05, 0) is 24.3 Å². The van der Waals surface area contributed by atoms with Gasteiger partial charge in [0.1, 0.15) is 0 Å². The van der Waals surface area contributed by atoms with Crippen LogP contribution < -0.4 is 5.32 Å². The zero-order valence-corrected chi connectivity index (χ0v) is 13.7. The summed E-state index contributed by atoms with van der Waals surface area (Å²) in [6, 6.07) is 8.14. The molecular weight excluding hydrogens is 321 g/mol. The molecule has 0 aliphatic rings. The monoisotopic (exact) mass is 333 g/mol. The van der Waals surface area contributed by atoms with Crippen LogP contribution in [0.5, 0.6) is 0 Å².